The first-order valence-corrected chi connectivity index (χ1v) is 8.25. The number of hydrogen-bond acceptors (Lipinski definition) is 2. The molecule has 1 aromatic carbocycles. The number of halogens is 2. The van der Waals surface area contributed by atoms with Crippen molar-refractivity contribution < 1.29 is 8.42 Å². The molecule has 0 atom stereocenters. The van der Waals surface area contributed by atoms with Crippen LogP contribution in [0, 0.1) is 6.92 Å². The molecule has 0 radical (unpaired) electrons. The van der Waals surface area contributed by atoms with Gasteiger partial charge in [-0.1, -0.05) is 28.1 Å². The van der Waals surface area contributed by atoms with E-state index >= 15 is 0 Å². The van der Waals surface area contributed by atoms with Crippen LogP contribution in [0.15, 0.2) is 38.1 Å². The number of hydrogen-bond donors (Lipinski definition) is 0. The summed E-state index contributed by atoms with van der Waals surface area (Å²) in [6.45, 7) is 7.74. The zero-order valence-electron chi connectivity index (χ0n) is 10.5. The Morgan fingerprint density at radius 3 is 2.39 bits per heavy atom. The van der Waals surface area contributed by atoms with Crippen molar-refractivity contribution in [1.82, 2.24) is 4.31 Å². The van der Waals surface area contributed by atoms with Crippen LogP contribution in [0.3, 0.4) is 0 Å². The van der Waals surface area contributed by atoms with Gasteiger partial charge in [0.2, 0.25) is 10.0 Å². The Labute approximate surface area is 125 Å². The summed E-state index contributed by atoms with van der Waals surface area (Å²) in [6, 6.07) is 3.40. The lowest BCUT2D eigenvalue weighted by Crippen LogP contribution is -2.28. The summed E-state index contributed by atoms with van der Waals surface area (Å²) in [4.78, 5) is 0.253. The van der Waals surface area contributed by atoms with E-state index in [2.05, 4.69) is 38.4 Å². The quantitative estimate of drug-likeness (QED) is 0.727. The fourth-order valence-electron chi connectivity index (χ4n) is 1.46. The van der Waals surface area contributed by atoms with Gasteiger partial charge in [0, 0.05) is 22.5 Å². The molecule has 0 unspecified atom stereocenters. The highest BCUT2D eigenvalue weighted by Crippen LogP contribution is 2.30. The SMILES string of the molecule is C=C(C)CN(C)S(=O)(=O)c1cc(Br)c(C)cc1Br. The highest BCUT2D eigenvalue weighted by molar-refractivity contribution is 9.11. The highest BCUT2D eigenvalue weighted by atomic mass is 79.9. The van der Waals surface area contributed by atoms with Crippen molar-refractivity contribution in [3.8, 4) is 0 Å². The molecule has 0 saturated heterocycles. The summed E-state index contributed by atoms with van der Waals surface area (Å²) in [5.74, 6) is 0. The van der Waals surface area contributed by atoms with Gasteiger partial charge in [-0.25, -0.2) is 8.42 Å². The molecule has 0 saturated carbocycles. The molecule has 0 aliphatic rings. The lowest BCUT2D eigenvalue weighted by molar-refractivity contribution is 0.492. The van der Waals surface area contributed by atoms with E-state index < -0.39 is 10.0 Å². The lowest BCUT2D eigenvalue weighted by atomic mass is 10.2. The summed E-state index contributed by atoms with van der Waals surface area (Å²) in [5, 5.41) is 0. The minimum Gasteiger partial charge on any atom is -0.207 e. The van der Waals surface area contributed by atoms with Gasteiger partial charge in [0.1, 0.15) is 0 Å². The Morgan fingerprint density at radius 2 is 1.89 bits per heavy atom. The zero-order chi connectivity index (χ0) is 14.1. The smallest absolute Gasteiger partial charge is 0.207 e. The second-order valence-electron chi connectivity index (χ2n) is 4.25. The third-order valence-corrected chi connectivity index (χ3v) is 6.01. The predicted molar refractivity (Wildman–Crippen MR) is 81.2 cm³/mol. The second kappa shape index (κ2) is 5.86. The third kappa shape index (κ3) is 3.44. The molecular formula is C12H15Br2NO2S. The zero-order valence-corrected chi connectivity index (χ0v) is 14.5. The van der Waals surface area contributed by atoms with Crippen LogP contribution in [0.4, 0.5) is 0 Å². The van der Waals surface area contributed by atoms with Crippen LogP contribution in [-0.2, 0) is 10.0 Å². The van der Waals surface area contributed by atoms with Gasteiger partial charge >= 0.3 is 0 Å². The summed E-state index contributed by atoms with van der Waals surface area (Å²) in [5.41, 5.74) is 1.77. The summed E-state index contributed by atoms with van der Waals surface area (Å²) < 4.78 is 27.4. The van der Waals surface area contributed by atoms with Crippen molar-refractivity contribution in [3.63, 3.8) is 0 Å². The molecule has 6 heteroatoms. The number of rotatable bonds is 4. The number of aryl methyl sites for hydroxylation is 1. The Balaban J connectivity index is 3.29. The van der Waals surface area contributed by atoms with Crippen molar-refractivity contribution in [3.05, 3.63) is 38.8 Å². The van der Waals surface area contributed by atoms with Crippen LogP contribution in [0.2, 0.25) is 0 Å². The number of nitrogens with zero attached hydrogens (tertiary/aromatic N) is 1. The molecule has 0 aromatic heterocycles. The van der Waals surface area contributed by atoms with E-state index in [1.54, 1.807) is 26.1 Å². The van der Waals surface area contributed by atoms with E-state index in [1.165, 1.54) is 4.31 Å². The molecule has 0 amide bonds. The summed E-state index contributed by atoms with van der Waals surface area (Å²) in [7, 11) is -1.96. The molecule has 0 heterocycles. The molecule has 0 N–H and O–H groups in total. The number of likely N-dealkylation sites (N-methyl/N-ethyl adjacent to an activating group) is 1. The van der Waals surface area contributed by atoms with Crippen molar-refractivity contribution in [2.24, 2.45) is 0 Å². The largest absolute Gasteiger partial charge is 0.244 e. The van der Waals surface area contributed by atoms with Gasteiger partial charge in [0.05, 0.1) is 4.90 Å². The average molecular weight is 397 g/mol. The third-order valence-electron chi connectivity index (χ3n) is 2.39. The van der Waals surface area contributed by atoms with Gasteiger partial charge in [-0.05, 0) is 47.5 Å². The molecule has 1 rings (SSSR count). The van der Waals surface area contributed by atoms with Gasteiger partial charge in [-0.2, -0.15) is 4.31 Å². The number of benzene rings is 1. The Hall–Kier alpha value is -0.170. The maximum Gasteiger partial charge on any atom is 0.244 e. The Morgan fingerprint density at radius 1 is 1.33 bits per heavy atom. The molecule has 3 nitrogen and oxygen atoms in total. The first-order chi connectivity index (χ1) is 8.16. The van der Waals surface area contributed by atoms with Crippen molar-refractivity contribution in [2.75, 3.05) is 13.6 Å². The van der Waals surface area contributed by atoms with Gasteiger partial charge < -0.3 is 0 Å². The molecule has 18 heavy (non-hydrogen) atoms. The fourth-order valence-corrected chi connectivity index (χ4v) is 4.32. The predicted octanol–water partition coefficient (Wildman–Crippen LogP) is 3.72. The lowest BCUT2D eigenvalue weighted by Gasteiger charge is -2.18. The van der Waals surface area contributed by atoms with Crippen LogP contribution in [0.1, 0.15) is 12.5 Å². The average Bonchev–Trinajstić information content (AvgIpc) is 2.22. The van der Waals surface area contributed by atoms with E-state index in [-0.39, 0.29) is 4.90 Å². The molecule has 1 aromatic rings. The van der Waals surface area contributed by atoms with Gasteiger partial charge in [0.25, 0.3) is 0 Å². The Bertz CT molecular complexity index is 582. The van der Waals surface area contributed by atoms with Gasteiger partial charge in [-0.3, -0.25) is 0 Å². The summed E-state index contributed by atoms with van der Waals surface area (Å²) in [6.07, 6.45) is 0. The highest BCUT2D eigenvalue weighted by Gasteiger charge is 2.24. The van der Waals surface area contributed by atoms with Crippen LogP contribution in [0.5, 0.6) is 0 Å². The summed E-state index contributed by atoms with van der Waals surface area (Å²) >= 11 is 6.65. The fraction of sp³-hybridized carbons (Fsp3) is 0.333. The molecule has 0 fully saturated rings. The standard InChI is InChI=1S/C12H15Br2NO2S/c1-8(2)7-15(4)18(16,17)12-6-10(13)9(3)5-11(12)14/h5-6H,1,7H2,2-4H3. The molecular weight excluding hydrogens is 382 g/mol. The van der Waals surface area contributed by atoms with Crippen LogP contribution >= 0.6 is 31.9 Å². The molecule has 0 spiro atoms. The first-order valence-electron chi connectivity index (χ1n) is 5.22. The monoisotopic (exact) mass is 395 g/mol. The molecule has 0 aliphatic carbocycles. The normalized spacial score (nSPS) is 11.9. The van der Waals surface area contributed by atoms with E-state index in [1.807, 2.05) is 6.92 Å². The second-order valence-corrected chi connectivity index (χ2v) is 7.97. The van der Waals surface area contributed by atoms with Crippen molar-refractivity contribution in [2.45, 2.75) is 18.7 Å². The van der Waals surface area contributed by atoms with Gasteiger partial charge in [-0.15, -0.1) is 0 Å². The van der Waals surface area contributed by atoms with Crippen LogP contribution in [0.25, 0.3) is 0 Å². The minimum atomic E-state index is -3.51. The molecule has 100 valence electrons. The van der Waals surface area contributed by atoms with E-state index in [9.17, 15) is 8.42 Å². The van der Waals surface area contributed by atoms with E-state index in [4.69, 9.17) is 0 Å². The van der Waals surface area contributed by atoms with Crippen molar-refractivity contribution in [1.29, 1.82) is 0 Å². The first kappa shape index (κ1) is 15.9. The maximum atomic E-state index is 12.4. The van der Waals surface area contributed by atoms with E-state index in [0.717, 1.165) is 15.6 Å². The molecule has 0 bridgehead atoms. The Kier molecular flexibility index (Phi) is 5.17. The van der Waals surface area contributed by atoms with Crippen molar-refractivity contribution >= 4 is 41.9 Å². The topological polar surface area (TPSA) is 37.4 Å². The molecule has 0 aliphatic heterocycles. The van der Waals surface area contributed by atoms with Crippen LogP contribution in [-0.4, -0.2) is 26.3 Å². The minimum absolute atomic E-state index is 0.253. The maximum absolute atomic E-state index is 12.4. The van der Waals surface area contributed by atoms with Crippen LogP contribution < -0.4 is 0 Å². The number of sulfonamides is 1. The van der Waals surface area contributed by atoms with Gasteiger partial charge in [0.15, 0.2) is 0 Å². The van der Waals surface area contributed by atoms with E-state index in [0.29, 0.717) is 11.0 Å².